The SMILES string of the molecule is COC(=O)CCCN(C)C(=O)C(F)(F)C(F)(F)F. The van der Waals surface area contributed by atoms with Gasteiger partial charge in [-0.05, 0) is 6.42 Å². The van der Waals surface area contributed by atoms with Crippen LogP contribution in [0.25, 0.3) is 0 Å². The molecule has 0 aromatic carbocycles. The molecule has 0 aliphatic carbocycles. The molecule has 0 heterocycles. The van der Waals surface area contributed by atoms with Crippen molar-refractivity contribution >= 4 is 11.9 Å². The summed E-state index contributed by atoms with van der Waals surface area (Å²) < 4.78 is 65.1. The molecule has 0 aromatic rings. The van der Waals surface area contributed by atoms with Crippen molar-refractivity contribution in [3.63, 3.8) is 0 Å². The van der Waals surface area contributed by atoms with E-state index in [0.717, 1.165) is 14.2 Å². The van der Waals surface area contributed by atoms with E-state index < -0.39 is 30.5 Å². The standard InChI is InChI=1S/C9H12F5NO3/c1-15(5-3-4-6(16)18-2)7(17)8(10,11)9(12,13)14/h3-5H2,1-2H3. The molecule has 0 saturated carbocycles. The maximum absolute atomic E-state index is 12.6. The Bertz CT molecular complexity index is 316. The molecule has 0 spiro atoms. The summed E-state index contributed by atoms with van der Waals surface area (Å²) in [5.74, 6) is -8.41. The monoisotopic (exact) mass is 277 g/mol. The van der Waals surface area contributed by atoms with E-state index in [4.69, 9.17) is 0 Å². The number of alkyl halides is 5. The van der Waals surface area contributed by atoms with E-state index in [1.54, 1.807) is 0 Å². The first-order valence-corrected chi connectivity index (χ1v) is 4.81. The normalized spacial score (nSPS) is 12.2. The Morgan fingerprint density at radius 3 is 2.06 bits per heavy atom. The van der Waals surface area contributed by atoms with Gasteiger partial charge >= 0.3 is 24.0 Å². The Labute approximate surface area is 99.7 Å². The van der Waals surface area contributed by atoms with Crippen LogP contribution in [0.3, 0.4) is 0 Å². The van der Waals surface area contributed by atoms with Crippen molar-refractivity contribution in [3.8, 4) is 0 Å². The van der Waals surface area contributed by atoms with Gasteiger partial charge in [-0.25, -0.2) is 0 Å². The summed E-state index contributed by atoms with van der Waals surface area (Å²) in [6.07, 6.45) is -6.17. The smallest absolute Gasteiger partial charge is 0.463 e. The molecule has 4 nitrogen and oxygen atoms in total. The number of carbonyl (C=O) groups is 2. The maximum atomic E-state index is 12.6. The fraction of sp³-hybridized carbons (Fsp3) is 0.778. The topological polar surface area (TPSA) is 46.6 Å². The van der Waals surface area contributed by atoms with Gasteiger partial charge in [-0.15, -0.1) is 0 Å². The Kier molecular flexibility index (Phi) is 5.50. The number of esters is 1. The highest BCUT2D eigenvalue weighted by Gasteiger charge is 2.64. The molecule has 0 rings (SSSR count). The van der Waals surface area contributed by atoms with Gasteiger partial charge in [0, 0.05) is 20.0 Å². The van der Waals surface area contributed by atoms with Crippen LogP contribution in [0.1, 0.15) is 12.8 Å². The number of hydrogen-bond donors (Lipinski definition) is 0. The van der Waals surface area contributed by atoms with Crippen LogP contribution in [0.15, 0.2) is 0 Å². The van der Waals surface area contributed by atoms with Crippen molar-refractivity contribution in [1.82, 2.24) is 4.90 Å². The Morgan fingerprint density at radius 2 is 1.67 bits per heavy atom. The van der Waals surface area contributed by atoms with Crippen LogP contribution in [0.2, 0.25) is 0 Å². The lowest BCUT2D eigenvalue weighted by Gasteiger charge is -2.24. The molecule has 0 unspecified atom stereocenters. The van der Waals surface area contributed by atoms with Gasteiger partial charge in [-0.1, -0.05) is 0 Å². The second-order valence-electron chi connectivity index (χ2n) is 3.48. The van der Waals surface area contributed by atoms with E-state index in [-0.39, 0.29) is 17.7 Å². The minimum atomic E-state index is -5.93. The van der Waals surface area contributed by atoms with Crippen molar-refractivity contribution in [2.45, 2.75) is 24.9 Å². The number of rotatable bonds is 5. The minimum Gasteiger partial charge on any atom is -0.469 e. The highest BCUT2D eigenvalue weighted by molar-refractivity contribution is 5.84. The lowest BCUT2D eigenvalue weighted by Crippen LogP contribution is -2.51. The van der Waals surface area contributed by atoms with E-state index in [0.29, 0.717) is 0 Å². The lowest BCUT2D eigenvalue weighted by molar-refractivity contribution is -0.274. The summed E-state index contributed by atoms with van der Waals surface area (Å²) in [7, 11) is 1.91. The number of carbonyl (C=O) groups excluding carboxylic acids is 2. The predicted molar refractivity (Wildman–Crippen MR) is 49.9 cm³/mol. The fourth-order valence-corrected chi connectivity index (χ4v) is 1.03. The van der Waals surface area contributed by atoms with Crippen molar-refractivity contribution in [3.05, 3.63) is 0 Å². The molecule has 0 radical (unpaired) electrons. The third kappa shape index (κ3) is 4.11. The molecule has 0 saturated heterocycles. The molecule has 0 aliphatic heterocycles. The van der Waals surface area contributed by atoms with Gasteiger partial charge < -0.3 is 9.64 Å². The molecule has 0 aromatic heterocycles. The third-order valence-electron chi connectivity index (χ3n) is 2.07. The Morgan fingerprint density at radius 1 is 1.17 bits per heavy atom. The summed E-state index contributed by atoms with van der Waals surface area (Å²) in [4.78, 5) is 21.8. The van der Waals surface area contributed by atoms with Gasteiger partial charge in [0.1, 0.15) is 0 Å². The molecule has 0 bridgehead atoms. The molecule has 0 atom stereocenters. The Hall–Kier alpha value is -1.41. The molecule has 0 N–H and O–H groups in total. The average Bonchev–Trinajstić information content (AvgIpc) is 2.25. The summed E-state index contributed by atoms with van der Waals surface area (Å²) in [6.45, 7) is -0.403. The molecule has 0 aliphatic rings. The van der Waals surface area contributed by atoms with Crippen LogP contribution in [-0.4, -0.2) is 49.6 Å². The first kappa shape index (κ1) is 16.6. The highest BCUT2D eigenvalue weighted by Crippen LogP contribution is 2.36. The van der Waals surface area contributed by atoms with E-state index in [1.165, 1.54) is 0 Å². The number of nitrogens with zero attached hydrogens (tertiary/aromatic N) is 1. The van der Waals surface area contributed by atoms with Gasteiger partial charge in [-0.3, -0.25) is 9.59 Å². The van der Waals surface area contributed by atoms with Crippen molar-refractivity contribution in [2.75, 3.05) is 20.7 Å². The van der Waals surface area contributed by atoms with Gasteiger partial charge in [0.25, 0.3) is 0 Å². The van der Waals surface area contributed by atoms with E-state index in [1.807, 2.05) is 0 Å². The summed E-state index contributed by atoms with van der Waals surface area (Å²) in [5, 5.41) is 0. The van der Waals surface area contributed by atoms with E-state index in [9.17, 15) is 31.5 Å². The molecule has 18 heavy (non-hydrogen) atoms. The minimum absolute atomic E-state index is 0.0666. The lowest BCUT2D eigenvalue weighted by atomic mass is 10.2. The van der Waals surface area contributed by atoms with Gasteiger partial charge in [0.2, 0.25) is 0 Å². The van der Waals surface area contributed by atoms with Gasteiger partial charge in [-0.2, -0.15) is 22.0 Å². The van der Waals surface area contributed by atoms with Crippen molar-refractivity contribution in [1.29, 1.82) is 0 Å². The van der Waals surface area contributed by atoms with E-state index in [2.05, 4.69) is 4.74 Å². The third-order valence-corrected chi connectivity index (χ3v) is 2.07. The quantitative estimate of drug-likeness (QED) is 0.566. The molecule has 0 fully saturated rings. The van der Waals surface area contributed by atoms with Crippen molar-refractivity contribution < 1.29 is 36.3 Å². The van der Waals surface area contributed by atoms with Gasteiger partial charge in [0.05, 0.1) is 7.11 Å². The largest absolute Gasteiger partial charge is 0.469 e. The average molecular weight is 277 g/mol. The second-order valence-corrected chi connectivity index (χ2v) is 3.48. The first-order chi connectivity index (χ1) is 8.04. The number of methoxy groups -OCH3 is 1. The van der Waals surface area contributed by atoms with Crippen LogP contribution in [-0.2, 0) is 14.3 Å². The molecular weight excluding hydrogens is 265 g/mol. The van der Waals surface area contributed by atoms with Crippen LogP contribution in [0, 0.1) is 0 Å². The number of amides is 1. The number of hydrogen-bond acceptors (Lipinski definition) is 3. The molecule has 9 heteroatoms. The summed E-state index contributed by atoms with van der Waals surface area (Å²) in [6, 6.07) is 0. The highest BCUT2D eigenvalue weighted by atomic mass is 19.4. The zero-order valence-corrected chi connectivity index (χ0v) is 9.68. The maximum Gasteiger partial charge on any atom is 0.463 e. The van der Waals surface area contributed by atoms with Crippen LogP contribution in [0.4, 0.5) is 22.0 Å². The van der Waals surface area contributed by atoms with Crippen LogP contribution in [0.5, 0.6) is 0 Å². The molecular formula is C9H12F5NO3. The van der Waals surface area contributed by atoms with Gasteiger partial charge in [0.15, 0.2) is 0 Å². The van der Waals surface area contributed by atoms with Crippen LogP contribution < -0.4 is 0 Å². The van der Waals surface area contributed by atoms with Crippen molar-refractivity contribution in [2.24, 2.45) is 0 Å². The zero-order chi connectivity index (χ0) is 14.6. The second kappa shape index (κ2) is 5.96. The number of halogens is 5. The molecule has 1 amide bonds. The number of ether oxygens (including phenoxy) is 1. The summed E-state index contributed by atoms with van der Waals surface area (Å²) >= 11 is 0. The molecule has 106 valence electrons. The van der Waals surface area contributed by atoms with E-state index >= 15 is 0 Å². The zero-order valence-electron chi connectivity index (χ0n) is 9.68. The Balaban J connectivity index is 4.40. The van der Waals surface area contributed by atoms with Crippen LogP contribution >= 0.6 is 0 Å². The fourth-order valence-electron chi connectivity index (χ4n) is 1.03. The predicted octanol–water partition coefficient (Wildman–Crippen LogP) is 1.60. The first-order valence-electron chi connectivity index (χ1n) is 4.81. The summed E-state index contributed by atoms with van der Waals surface area (Å²) in [5.41, 5.74) is 0.